The number of hydrogen-bond acceptors (Lipinski definition) is 4. The summed E-state index contributed by atoms with van der Waals surface area (Å²) in [5.74, 6) is 0.0649. The maximum absolute atomic E-state index is 11.9. The first-order valence-electron chi connectivity index (χ1n) is 4.43. The summed E-state index contributed by atoms with van der Waals surface area (Å²) >= 11 is 0. The molecule has 6 nitrogen and oxygen atoms in total. The van der Waals surface area contributed by atoms with Gasteiger partial charge in [-0.25, -0.2) is 0 Å². The number of aromatic nitrogens is 4. The van der Waals surface area contributed by atoms with Gasteiger partial charge in [-0.2, -0.15) is 14.9 Å². The van der Waals surface area contributed by atoms with E-state index in [0.29, 0.717) is 17.1 Å². The molecule has 2 N–H and O–H groups in total. The van der Waals surface area contributed by atoms with Crippen LogP contribution in [0.4, 0.5) is 5.82 Å². The number of nitrogens with zero attached hydrogens (tertiary/aromatic N) is 4. The average molecular weight is 205 g/mol. The molecule has 0 atom stereocenters. The van der Waals surface area contributed by atoms with Crippen LogP contribution in [-0.4, -0.2) is 25.5 Å². The van der Waals surface area contributed by atoms with Gasteiger partial charge in [-0.05, 0) is 6.92 Å². The number of anilines is 1. The molecule has 2 aromatic rings. The molecule has 0 radical (unpaired) electrons. The van der Waals surface area contributed by atoms with Crippen LogP contribution in [0.2, 0.25) is 0 Å². The second-order valence-electron chi connectivity index (χ2n) is 3.33. The number of nitrogen functional groups attached to an aromatic ring is 1. The van der Waals surface area contributed by atoms with Crippen LogP contribution in [0.3, 0.4) is 0 Å². The van der Waals surface area contributed by atoms with Crippen LogP contribution in [0.25, 0.3) is 0 Å². The predicted molar refractivity (Wildman–Crippen MR) is 54.3 cm³/mol. The highest BCUT2D eigenvalue weighted by Crippen LogP contribution is 2.08. The third kappa shape index (κ3) is 1.61. The maximum atomic E-state index is 11.9. The minimum atomic E-state index is -0.270. The lowest BCUT2D eigenvalue weighted by atomic mass is 10.3. The minimum Gasteiger partial charge on any atom is -0.383 e. The average Bonchev–Trinajstić information content (AvgIpc) is 2.71. The maximum Gasteiger partial charge on any atom is 0.283 e. The van der Waals surface area contributed by atoms with Gasteiger partial charge in [-0.3, -0.25) is 9.48 Å². The summed E-state index contributed by atoms with van der Waals surface area (Å²) in [5.41, 5.74) is 6.82. The van der Waals surface area contributed by atoms with Crippen molar-refractivity contribution in [2.45, 2.75) is 6.92 Å². The van der Waals surface area contributed by atoms with E-state index in [-0.39, 0.29) is 5.91 Å². The van der Waals surface area contributed by atoms with Gasteiger partial charge in [0.05, 0.1) is 17.5 Å². The monoisotopic (exact) mass is 205 g/mol. The molecule has 0 saturated heterocycles. The van der Waals surface area contributed by atoms with Crippen molar-refractivity contribution in [2.24, 2.45) is 7.05 Å². The summed E-state index contributed by atoms with van der Waals surface area (Å²) in [6.07, 6.45) is 3.11. The van der Waals surface area contributed by atoms with Crippen LogP contribution in [0.5, 0.6) is 0 Å². The third-order valence-electron chi connectivity index (χ3n) is 2.00. The van der Waals surface area contributed by atoms with Crippen LogP contribution in [0.1, 0.15) is 16.1 Å². The fourth-order valence-electron chi connectivity index (χ4n) is 1.34. The van der Waals surface area contributed by atoms with Crippen molar-refractivity contribution in [1.29, 1.82) is 0 Å². The highest BCUT2D eigenvalue weighted by atomic mass is 16.2. The molecule has 0 spiro atoms. The largest absolute Gasteiger partial charge is 0.383 e. The van der Waals surface area contributed by atoms with E-state index in [4.69, 9.17) is 5.73 Å². The van der Waals surface area contributed by atoms with Gasteiger partial charge in [0.2, 0.25) is 0 Å². The van der Waals surface area contributed by atoms with E-state index in [1.807, 2.05) is 0 Å². The number of hydrogen-bond donors (Lipinski definition) is 1. The first-order valence-corrected chi connectivity index (χ1v) is 4.43. The summed E-state index contributed by atoms with van der Waals surface area (Å²) in [7, 11) is 1.74. The number of rotatable bonds is 1. The Kier molecular flexibility index (Phi) is 2.03. The Morgan fingerprint density at radius 2 is 2.27 bits per heavy atom. The van der Waals surface area contributed by atoms with Crippen molar-refractivity contribution < 1.29 is 4.79 Å². The van der Waals surface area contributed by atoms with Gasteiger partial charge < -0.3 is 5.73 Å². The van der Waals surface area contributed by atoms with E-state index in [1.165, 1.54) is 10.9 Å². The first kappa shape index (κ1) is 9.45. The predicted octanol–water partition coefficient (Wildman–Crippen LogP) is 0.196. The molecule has 0 unspecified atom stereocenters. The molecule has 0 aliphatic heterocycles. The van der Waals surface area contributed by atoms with Gasteiger partial charge >= 0.3 is 0 Å². The third-order valence-corrected chi connectivity index (χ3v) is 2.00. The summed E-state index contributed by atoms with van der Waals surface area (Å²) < 4.78 is 2.73. The fraction of sp³-hybridized carbons (Fsp3) is 0.222. The van der Waals surface area contributed by atoms with E-state index < -0.39 is 0 Å². The fourth-order valence-corrected chi connectivity index (χ4v) is 1.34. The molecule has 0 bridgehead atoms. The van der Waals surface area contributed by atoms with Gasteiger partial charge in [0.25, 0.3) is 5.91 Å². The van der Waals surface area contributed by atoms with E-state index in [1.54, 1.807) is 30.9 Å². The summed E-state index contributed by atoms with van der Waals surface area (Å²) in [5, 5.41) is 7.91. The highest BCUT2D eigenvalue weighted by molar-refractivity contribution is 5.96. The van der Waals surface area contributed by atoms with Crippen LogP contribution in [0, 0.1) is 6.92 Å². The Bertz CT molecular complexity index is 510. The Morgan fingerprint density at radius 1 is 1.53 bits per heavy atom. The molecule has 6 heteroatoms. The number of carbonyl (C=O) groups excluding carboxylic acids is 1. The second-order valence-corrected chi connectivity index (χ2v) is 3.33. The molecular weight excluding hydrogens is 194 g/mol. The second kappa shape index (κ2) is 3.23. The number of aryl methyl sites for hydroxylation is 2. The van der Waals surface area contributed by atoms with Crippen molar-refractivity contribution in [2.75, 3.05) is 5.73 Å². The summed E-state index contributed by atoms with van der Waals surface area (Å²) in [6.45, 7) is 1.78. The van der Waals surface area contributed by atoms with Crippen molar-refractivity contribution >= 4 is 11.7 Å². The molecule has 15 heavy (non-hydrogen) atoms. The van der Waals surface area contributed by atoms with Crippen molar-refractivity contribution in [3.63, 3.8) is 0 Å². The van der Waals surface area contributed by atoms with Gasteiger partial charge in [-0.1, -0.05) is 0 Å². The zero-order valence-electron chi connectivity index (χ0n) is 8.51. The number of carbonyl (C=O) groups is 1. The molecular formula is C9H11N5O. The van der Waals surface area contributed by atoms with Gasteiger partial charge in [0, 0.05) is 19.3 Å². The Labute approximate surface area is 86.3 Å². The molecule has 2 heterocycles. The molecule has 0 aromatic carbocycles. The Balaban J connectivity index is 2.40. The summed E-state index contributed by atoms with van der Waals surface area (Å²) in [4.78, 5) is 11.9. The standard InChI is InChI=1S/C9H11N5O/c1-6-3-8(10)14(12-6)9(15)7-4-11-13(2)5-7/h3-5H,10H2,1-2H3. The molecule has 0 aliphatic carbocycles. The van der Waals surface area contributed by atoms with Gasteiger partial charge in [0.1, 0.15) is 5.82 Å². The summed E-state index contributed by atoms with van der Waals surface area (Å²) in [6, 6.07) is 1.65. The lowest BCUT2D eigenvalue weighted by Crippen LogP contribution is -2.15. The topological polar surface area (TPSA) is 78.7 Å². The van der Waals surface area contributed by atoms with Gasteiger partial charge in [-0.15, -0.1) is 0 Å². The zero-order valence-corrected chi connectivity index (χ0v) is 8.51. The van der Waals surface area contributed by atoms with Crippen LogP contribution in [0.15, 0.2) is 18.5 Å². The minimum absolute atomic E-state index is 0.270. The smallest absolute Gasteiger partial charge is 0.283 e. The molecule has 78 valence electrons. The van der Waals surface area contributed by atoms with Gasteiger partial charge in [0.15, 0.2) is 0 Å². The molecule has 0 fully saturated rings. The van der Waals surface area contributed by atoms with Crippen LogP contribution < -0.4 is 5.73 Å². The van der Waals surface area contributed by atoms with E-state index in [2.05, 4.69) is 10.2 Å². The van der Waals surface area contributed by atoms with Crippen molar-refractivity contribution in [3.05, 3.63) is 29.7 Å². The quantitative estimate of drug-likeness (QED) is 0.721. The lowest BCUT2D eigenvalue weighted by Gasteiger charge is -1.98. The first-order chi connectivity index (χ1) is 7.08. The van der Waals surface area contributed by atoms with Crippen LogP contribution in [-0.2, 0) is 7.05 Å². The highest BCUT2D eigenvalue weighted by Gasteiger charge is 2.14. The Hall–Kier alpha value is -2.11. The molecule has 0 amide bonds. The molecule has 0 saturated carbocycles. The molecule has 2 rings (SSSR count). The lowest BCUT2D eigenvalue weighted by molar-refractivity contribution is 0.0947. The van der Waals surface area contributed by atoms with Crippen LogP contribution >= 0.6 is 0 Å². The number of nitrogens with two attached hydrogens (primary N) is 1. The van der Waals surface area contributed by atoms with E-state index >= 15 is 0 Å². The zero-order chi connectivity index (χ0) is 11.0. The SMILES string of the molecule is Cc1cc(N)n(C(=O)c2cnn(C)c2)n1. The normalized spacial score (nSPS) is 10.5. The Morgan fingerprint density at radius 3 is 2.73 bits per heavy atom. The van der Waals surface area contributed by atoms with E-state index in [0.717, 1.165) is 0 Å². The van der Waals surface area contributed by atoms with Crippen molar-refractivity contribution in [1.82, 2.24) is 19.6 Å². The van der Waals surface area contributed by atoms with E-state index in [9.17, 15) is 4.79 Å². The van der Waals surface area contributed by atoms with Crippen molar-refractivity contribution in [3.8, 4) is 0 Å². The molecule has 0 aliphatic rings. The molecule has 2 aromatic heterocycles.